The highest BCUT2D eigenvalue weighted by Crippen LogP contribution is 2.35. The summed E-state index contributed by atoms with van der Waals surface area (Å²) in [4.78, 5) is 0.977. The van der Waals surface area contributed by atoms with Crippen LogP contribution < -0.4 is 5.32 Å². The third-order valence-electron chi connectivity index (χ3n) is 3.20. The second-order valence-corrected chi connectivity index (χ2v) is 6.21. The van der Waals surface area contributed by atoms with E-state index in [0.717, 1.165) is 16.9 Å². The Kier molecular flexibility index (Phi) is 5.29. The van der Waals surface area contributed by atoms with Gasteiger partial charge in [0.2, 0.25) is 0 Å². The molecule has 1 unspecified atom stereocenters. The minimum Gasteiger partial charge on any atom is -0.306 e. The molecule has 0 spiro atoms. The minimum absolute atomic E-state index is 0.0818. The largest absolute Gasteiger partial charge is 0.306 e. The molecule has 0 amide bonds. The third kappa shape index (κ3) is 2.95. The smallest absolute Gasteiger partial charge is 0.145 e. The highest BCUT2D eigenvalue weighted by Gasteiger charge is 2.25. The maximum atomic E-state index is 14.3. The van der Waals surface area contributed by atoms with E-state index < -0.39 is 17.7 Å². The number of aryl methyl sites for hydroxylation is 1. The van der Waals surface area contributed by atoms with E-state index in [-0.39, 0.29) is 10.0 Å². The highest BCUT2D eigenvalue weighted by atomic mass is 79.9. The van der Waals surface area contributed by atoms with E-state index in [1.54, 1.807) is 0 Å². The Balaban J connectivity index is 2.57. The van der Waals surface area contributed by atoms with E-state index >= 15 is 0 Å². The van der Waals surface area contributed by atoms with Gasteiger partial charge in [-0.15, -0.1) is 11.3 Å². The lowest BCUT2D eigenvalue weighted by Gasteiger charge is -2.20. The second kappa shape index (κ2) is 6.78. The van der Waals surface area contributed by atoms with Crippen molar-refractivity contribution >= 4 is 27.3 Å². The summed E-state index contributed by atoms with van der Waals surface area (Å²) in [5, 5.41) is 5.16. The van der Waals surface area contributed by atoms with Gasteiger partial charge in [-0.25, -0.2) is 8.78 Å². The molecule has 0 saturated heterocycles. The van der Waals surface area contributed by atoms with Crippen molar-refractivity contribution in [2.24, 2.45) is 0 Å². The Morgan fingerprint density at radius 2 is 2.00 bits per heavy atom. The molecule has 0 aliphatic rings. The molecule has 108 valence electrons. The van der Waals surface area contributed by atoms with Crippen LogP contribution >= 0.6 is 27.3 Å². The fraction of sp³-hybridized carbons (Fsp3) is 0.333. The first-order valence-corrected chi connectivity index (χ1v) is 8.20. The molecule has 0 fully saturated rings. The van der Waals surface area contributed by atoms with Crippen LogP contribution in [0.25, 0.3) is 0 Å². The predicted molar refractivity (Wildman–Crippen MR) is 83.3 cm³/mol. The van der Waals surface area contributed by atoms with Crippen LogP contribution in [0.15, 0.2) is 28.1 Å². The van der Waals surface area contributed by atoms with E-state index in [2.05, 4.69) is 21.2 Å². The molecule has 1 atom stereocenters. The average molecular weight is 360 g/mol. The summed E-state index contributed by atoms with van der Waals surface area (Å²) in [6.45, 7) is 4.61. The predicted octanol–water partition coefficient (Wildman–Crippen LogP) is 5.05. The van der Waals surface area contributed by atoms with E-state index in [4.69, 9.17) is 0 Å². The van der Waals surface area contributed by atoms with Crippen molar-refractivity contribution in [2.45, 2.75) is 26.3 Å². The van der Waals surface area contributed by atoms with Crippen LogP contribution in [0.3, 0.4) is 0 Å². The lowest BCUT2D eigenvalue weighted by atomic mass is 10.00. The Bertz CT molecular complexity index is 598. The first-order chi connectivity index (χ1) is 9.60. The number of hydrogen-bond acceptors (Lipinski definition) is 2. The molecule has 0 aliphatic carbocycles. The molecule has 20 heavy (non-hydrogen) atoms. The molecule has 0 saturated carbocycles. The summed E-state index contributed by atoms with van der Waals surface area (Å²) >= 11 is 4.66. The first-order valence-electron chi connectivity index (χ1n) is 6.53. The van der Waals surface area contributed by atoms with Gasteiger partial charge in [0, 0.05) is 10.4 Å². The van der Waals surface area contributed by atoms with Gasteiger partial charge < -0.3 is 5.32 Å². The van der Waals surface area contributed by atoms with Crippen LogP contribution in [-0.4, -0.2) is 6.54 Å². The van der Waals surface area contributed by atoms with E-state index in [1.807, 2.05) is 25.3 Å². The van der Waals surface area contributed by atoms with Gasteiger partial charge in [0.25, 0.3) is 0 Å². The zero-order valence-electron chi connectivity index (χ0n) is 11.3. The fourth-order valence-electron chi connectivity index (χ4n) is 2.23. The van der Waals surface area contributed by atoms with Crippen molar-refractivity contribution in [1.29, 1.82) is 0 Å². The molecule has 1 nitrogen and oxygen atoms in total. The standard InChI is InChI=1S/C15H16BrF2NS/c1-3-9-7-8-20-15(9)14(19-4-2)12-11(17)6-5-10(16)13(12)18/h5-8,14,19H,3-4H2,1-2H3. The molecule has 1 aromatic heterocycles. The molecule has 1 aromatic carbocycles. The summed E-state index contributed by atoms with van der Waals surface area (Å²) < 4.78 is 28.8. The number of rotatable bonds is 5. The number of thiophene rings is 1. The van der Waals surface area contributed by atoms with Crippen molar-refractivity contribution in [3.8, 4) is 0 Å². The van der Waals surface area contributed by atoms with Gasteiger partial charge in [-0.3, -0.25) is 0 Å². The van der Waals surface area contributed by atoms with Crippen LogP contribution in [-0.2, 0) is 6.42 Å². The Labute approximate surface area is 130 Å². The molecular formula is C15H16BrF2NS. The number of nitrogens with one attached hydrogen (secondary N) is 1. The van der Waals surface area contributed by atoms with Crippen molar-refractivity contribution < 1.29 is 8.78 Å². The quantitative estimate of drug-likeness (QED) is 0.736. The first kappa shape index (κ1) is 15.6. The Morgan fingerprint density at radius 1 is 1.25 bits per heavy atom. The second-order valence-electron chi connectivity index (χ2n) is 4.41. The molecule has 0 bridgehead atoms. The molecule has 0 aliphatic heterocycles. The lowest BCUT2D eigenvalue weighted by molar-refractivity contribution is 0.509. The van der Waals surface area contributed by atoms with Gasteiger partial charge >= 0.3 is 0 Å². The van der Waals surface area contributed by atoms with Crippen molar-refractivity contribution in [1.82, 2.24) is 5.32 Å². The van der Waals surface area contributed by atoms with Crippen LogP contribution in [0.5, 0.6) is 0 Å². The Morgan fingerprint density at radius 3 is 2.65 bits per heavy atom. The van der Waals surface area contributed by atoms with Crippen LogP contribution in [0, 0.1) is 11.6 Å². The van der Waals surface area contributed by atoms with Gasteiger partial charge in [-0.05, 0) is 58.0 Å². The van der Waals surface area contributed by atoms with Crippen LogP contribution in [0.1, 0.15) is 35.9 Å². The molecule has 0 radical (unpaired) electrons. The SMILES string of the molecule is CCNC(c1sccc1CC)c1c(F)ccc(Br)c1F. The molecule has 2 rings (SSSR count). The number of halogens is 3. The molecule has 1 heterocycles. The summed E-state index contributed by atoms with van der Waals surface area (Å²) in [6.07, 6.45) is 0.845. The monoisotopic (exact) mass is 359 g/mol. The van der Waals surface area contributed by atoms with Gasteiger partial charge in [0.05, 0.1) is 10.5 Å². The lowest BCUT2D eigenvalue weighted by Crippen LogP contribution is -2.24. The van der Waals surface area contributed by atoms with Gasteiger partial charge in [0.15, 0.2) is 0 Å². The molecule has 1 N–H and O–H groups in total. The fourth-order valence-corrected chi connectivity index (χ4v) is 3.66. The summed E-state index contributed by atoms with van der Waals surface area (Å²) in [5.74, 6) is -1.06. The van der Waals surface area contributed by atoms with Crippen molar-refractivity contribution in [3.05, 3.63) is 55.7 Å². The molecule has 5 heteroatoms. The summed E-state index contributed by atoms with van der Waals surface area (Å²) in [5.41, 5.74) is 1.21. The van der Waals surface area contributed by atoms with Gasteiger partial charge in [-0.1, -0.05) is 13.8 Å². The van der Waals surface area contributed by atoms with E-state index in [0.29, 0.717) is 6.54 Å². The van der Waals surface area contributed by atoms with E-state index in [9.17, 15) is 8.78 Å². The molecule has 2 aromatic rings. The maximum absolute atomic E-state index is 14.3. The minimum atomic E-state index is -0.536. The number of hydrogen-bond donors (Lipinski definition) is 1. The Hall–Kier alpha value is -0.780. The van der Waals surface area contributed by atoms with Gasteiger partial charge in [-0.2, -0.15) is 0 Å². The van der Waals surface area contributed by atoms with Crippen LogP contribution in [0.4, 0.5) is 8.78 Å². The zero-order valence-corrected chi connectivity index (χ0v) is 13.7. The van der Waals surface area contributed by atoms with Crippen molar-refractivity contribution in [3.63, 3.8) is 0 Å². The summed E-state index contributed by atoms with van der Waals surface area (Å²) in [6, 6.07) is 4.25. The maximum Gasteiger partial charge on any atom is 0.145 e. The van der Waals surface area contributed by atoms with Crippen LogP contribution in [0.2, 0.25) is 0 Å². The molecular weight excluding hydrogens is 344 g/mol. The van der Waals surface area contributed by atoms with Gasteiger partial charge in [0.1, 0.15) is 11.6 Å². The average Bonchev–Trinajstić information content (AvgIpc) is 2.90. The normalized spacial score (nSPS) is 12.7. The van der Waals surface area contributed by atoms with E-state index in [1.165, 1.54) is 23.5 Å². The third-order valence-corrected chi connectivity index (χ3v) is 4.84. The highest BCUT2D eigenvalue weighted by molar-refractivity contribution is 9.10. The number of benzene rings is 1. The van der Waals surface area contributed by atoms with Crippen molar-refractivity contribution in [2.75, 3.05) is 6.54 Å². The summed E-state index contributed by atoms with van der Waals surface area (Å²) in [7, 11) is 0. The topological polar surface area (TPSA) is 12.0 Å². The zero-order chi connectivity index (χ0) is 14.7.